The second kappa shape index (κ2) is 5.08. The van der Waals surface area contributed by atoms with Gasteiger partial charge in [0.1, 0.15) is 0 Å². The highest BCUT2D eigenvalue weighted by molar-refractivity contribution is 9.09. The van der Waals surface area contributed by atoms with Gasteiger partial charge < -0.3 is 0 Å². The van der Waals surface area contributed by atoms with E-state index in [0.29, 0.717) is 4.83 Å². The van der Waals surface area contributed by atoms with E-state index in [2.05, 4.69) is 45.2 Å². The van der Waals surface area contributed by atoms with Crippen LogP contribution in [0.2, 0.25) is 0 Å². The number of nitrogens with zero attached hydrogens (tertiary/aromatic N) is 1. The van der Waals surface area contributed by atoms with Crippen molar-refractivity contribution in [3.05, 3.63) is 66.0 Å². The molecule has 2 rings (SSSR count). The first-order valence-electron chi connectivity index (χ1n) is 4.94. The largest absolute Gasteiger partial charge is 0.265 e. The van der Waals surface area contributed by atoms with Crippen molar-refractivity contribution in [1.82, 2.24) is 4.98 Å². The number of hydrogen-bond donors (Lipinski definition) is 0. The molecule has 1 aromatic carbocycles. The number of halogens is 1. The molecular weight excluding hydrogens is 250 g/mol. The van der Waals surface area contributed by atoms with E-state index in [1.165, 1.54) is 11.1 Å². The van der Waals surface area contributed by atoms with Crippen LogP contribution in [0.15, 0.2) is 54.9 Å². The second-order valence-corrected chi connectivity index (χ2v) is 4.54. The highest BCUT2D eigenvalue weighted by Crippen LogP contribution is 2.26. The van der Waals surface area contributed by atoms with Gasteiger partial charge in [0.2, 0.25) is 0 Å². The van der Waals surface area contributed by atoms with E-state index < -0.39 is 0 Å². The van der Waals surface area contributed by atoms with E-state index in [1.54, 1.807) is 0 Å². The summed E-state index contributed by atoms with van der Waals surface area (Å²) in [6, 6.07) is 14.6. The van der Waals surface area contributed by atoms with Crippen molar-refractivity contribution in [2.75, 3.05) is 0 Å². The summed E-state index contributed by atoms with van der Waals surface area (Å²) >= 11 is 3.69. The predicted octanol–water partition coefficient (Wildman–Crippen LogP) is 3.76. The Morgan fingerprint density at radius 2 is 1.67 bits per heavy atom. The summed E-state index contributed by atoms with van der Waals surface area (Å²) in [5.41, 5.74) is 2.62. The van der Waals surface area contributed by atoms with Gasteiger partial charge in [-0.3, -0.25) is 4.98 Å². The smallest absolute Gasteiger partial charge is 0.0436 e. The Bertz CT molecular complexity index is 399. The SMILES string of the molecule is Br[C@H](Cc1ccccc1)c1ccncc1. The summed E-state index contributed by atoms with van der Waals surface area (Å²) < 4.78 is 0. The first kappa shape index (κ1) is 10.4. The molecule has 2 aromatic rings. The minimum Gasteiger partial charge on any atom is -0.265 e. The molecule has 0 unspecified atom stereocenters. The Morgan fingerprint density at radius 1 is 1.00 bits per heavy atom. The average Bonchev–Trinajstić information content (AvgIpc) is 2.31. The summed E-state index contributed by atoms with van der Waals surface area (Å²) in [5, 5.41) is 0. The van der Waals surface area contributed by atoms with Crippen LogP contribution in [0.3, 0.4) is 0 Å². The van der Waals surface area contributed by atoms with E-state index in [9.17, 15) is 0 Å². The van der Waals surface area contributed by atoms with Gasteiger partial charge >= 0.3 is 0 Å². The Balaban J connectivity index is 2.08. The quantitative estimate of drug-likeness (QED) is 0.767. The number of aromatic nitrogens is 1. The van der Waals surface area contributed by atoms with E-state index in [1.807, 2.05) is 30.6 Å². The minimum absolute atomic E-state index is 0.364. The highest BCUT2D eigenvalue weighted by Gasteiger charge is 2.07. The van der Waals surface area contributed by atoms with Crippen molar-refractivity contribution in [1.29, 1.82) is 0 Å². The lowest BCUT2D eigenvalue weighted by Gasteiger charge is -2.09. The number of rotatable bonds is 3. The van der Waals surface area contributed by atoms with Gasteiger partial charge in [0.15, 0.2) is 0 Å². The fraction of sp³-hybridized carbons (Fsp3) is 0.154. The molecule has 0 radical (unpaired) electrons. The second-order valence-electron chi connectivity index (χ2n) is 3.44. The molecule has 0 amide bonds. The normalized spacial score (nSPS) is 12.3. The van der Waals surface area contributed by atoms with Crippen LogP contribution in [-0.2, 0) is 6.42 Å². The van der Waals surface area contributed by atoms with Gasteiger partial charge in [-0.25, -0.2) is 0 Å². The van der Waals surface area contributed by atoms with Crippen LogP contribution in [0.25, 0.3) is 0 Å². The highest BCUT2D eigenvalue weighted by atomic mass is 79.9. The molecule has 1 heterocycles. The molecule has 1 nitrogen and oxygen atoms in total. The summed E-state index contributed by atoms with van der Waals surface area (Å²) in [6.45, 7) is 0. The molecule has 1 atom stereocenters. The molecule has 15 heavy (non-hydrogen) atoms. The van der Waals surface area contributed by atoms with E-state index in [-0.39, 0.29) is 0 Å². The third-order valence-electron chi connectivity index (χ3n) is 2.33. The topological polar surface area (TPSA) is 12.9 Å². The zero-order chi connectivity index (χ0) is 10.5. The van der Waals surface area contributed by atoms with Crippen LogP contribution in [0, 0.1) is 0 Å². The molecule has 0 aliphatic rings. The molecule has 2 heteroatoms. The van der Waals surface area contributed by atoms with Crippen LogP contribution < -0.4 is 0 Å². The van der Waals surface area contributed by atoms with Gasteiger partial charge in [-0.15, -0.1) is 0 Å². The van der Waals surface area contributed by atoms with Crippen molar-refractivity contribution >= 4 is 15.9 Å². The van der Waals surface area contributed by atoms with Crippen molar-refractivity contribution in [2.24, 2.45) is 0 Å². The fourth-order valence-corrected chi connectivity index (χ4v) is 2.19. The van der Waals surface area contributed by atoms with Gasteiger partial charge in [-0.05, 0) is 29.7 Å². The molecular formula is C13H12BrN. The third kappa shape index (κ3) is 2.90. The van der Waals surface area contributed by atoms with E-state index in [4.69, 9.17) is 0 Å². The van der Waals surface area contributed by atoms with Gasteiger partial charge in [-0.2, -0.15) is 0 Å². The Labute approximate surface area is 98.3 Å². The van der Waals surface area contributed by atoms with Crippen molar-refractivity contribution in [3.63, 3.8) is 0 Å². The lowest BCUT2D eigenvalue weighted by atomic mass is 10.1. The first-order valence-corrected chi connectivity index (χ1v) is 5.86. The Morgan fingerprint density at radius 3 is 2.33 bits per heavy atom. The van der Waals surface area contributed by atoms with Gasteiger partial charge in [0.25, 0.3) is 0 Å². The fourth-order valence-electron chi connectivity index (χ4n) is 1.51. The Kier molecular flexibility index (Phi) is 3.51. The molecule has 0 aliphatic carbocycles. The van der Waals surface area contributed by atoms with Gasteiger partial charge in [0, 0.05) is 17.2 Å². The van der Waals surface area contributed by atoms with Gasteiger partial charge in [0.05, 0.1) is 0 Å². The number of hydrogen-bond acceptors (Lipinski definition) is 1. The molecule has 0 saturated carbocycles. The molecule has 0 spiro atoms. The van der Waals surface area contributed by atoms with E-state index >= 15 is 0 Å². The number of benzene rings is 1. The zero-order valence-electron chi connectivity index (χ0n) is 8.31. The van der Waals surface area contributed by atoms with Crippen molar-refractivity contribution in [3.8, 4) is 0 Å². The molecule has 0 fully saturated rings. The summed E-state index contributed by atoms with van der Waals surface area (Å²) in [4.78, 5) is 4.38. The molecule has 0 bridgehead atoms. The standard InChI is InChI=1S/C13H12BrN/c14-13(12-6-8-15-9-7-12)10-11-4-2-1-3-5-11/h1-9,13H,10H2/t13-/m1/s1. The maximum Gasteiger partial charge on any atom is 0.0436 e. The lowest BCUT2D eigenvalue weighted by Crippen LogP contribution is -1.94. The van der Waals surface area contributed by atoms with Crippen LogP contribution in [-0.4, -0.2) is 4.98 Å². The maximum atomic E-state index is 4.01. The van der Waals surface area contributed by atoms with Crippen LogP contribution >= 0.6 is 15.9 Å². The molecule has 1 aromatic heterocycles. The van der Waals surface area contributed by atoms with Crippen molar-refractivity contribution < 1.29 is 0 Å². The summed E-state index contributed by atoms with van der Waals surface area (Å²) in [7, 11) is 0. The Hall–Kier alpha value is -1.15. The minimum atomic E-state index is 0.364. The molecule has 0 N–H and O–H groups in total. The molecule has 0 saturated heterocycles. The summed E-state index contributed by atoms with van der Waals surface area (Å²) in [5.74, 6) is 0. The van der Waals surface area contributed by atoms with Gasteiger partial charge in [-0.1, -0.05) is 46.3 Å². The number of alkyl halides is 1. The maximum absolute atomic E-state index is 4.01. The van der Waals surface area contributed by atoms with Crippen LogP contribution in [0.5, 0.6) is 0 Å². The monoisotopic (exact) mass is 261 g/mol. The zero-order valence-corrected chi connectivity index (χ0v) is 9.89. The first-order chi connectivity index (χ1) is 7.36. The van der Waals surface area contributed by atoms with Crippen LogP contribution in [0.4, 0.5) is 0 Å². The third-order valence-corrected chi connectivity index (χ3v) is 3.18. The molecule has 0 aliphatic heterocycles. The average molecular weight is 262 g/mol. The molecule has 76 valence electrons. The van der Waals surface area contributed by atoms with E-state index in [0.717, 1.165) is 6.42 Å². The summed E-state index contributed by atoms with van der Waals surface area (Å²) in [6.07, 6.45) is 4.66. The lowest BCUT2D eigenvalue weighted by molar-refractivity contribution is 0.944. The predicted molar refractivity (Wildman–Crippen MR) is 66.1 cm³/mol. The number of pyridine rings is 1. The van der Waals surface area contributed by atoms with Crippen LogP contribution in [0.1, 0.15) is 16.0 Å². The van der Waals surface area contributed by atoms with Crippen molar-refractivity contribution in [2.45, 2.75) is 11.2 Å².